The van der Waals surface area contributed by atoms with Gasteiger partial charge in [-0.05, 0) is 24.3 Å². The predicted octanol–water partition coefficient (Wildman–Crippen LogP) is 1.31. The van der Waals surface area contributed by atoms with Crippen LogP contribution in [0.15, 0.2) is 10.9 Å². The minimum atomic E-state index is -0.0109. The third kappa shape index (κ3) is 1.58. The molecular formula is C8H12N2OS. The van der Waals surface area contributed by atoms with Gasteiger partial charge >= 0.3 is 0 Å². The summed E-state index contributed by atoms with van der Waals surface area (Å²) in [6.07, 6.45) is 2.39. The van der Waals surface area contributed by atoms with Gasteiger partial charge in [0.05, 0.1) is 0 Å². The Kier molecular flexibility index (Phi) is 2.26. The van der Waals surface area contributed by atoms with Crippen molar-refractivity contribution in [2.24, 2.45) is 0 Å². The predicted molar refractivity (Wildman–Crippen MR) is 50.7 cm³/mol. The summed E-state index contributed by atoms with van der Waals surface area (Å²) in [6.45, 7) is 0. The second-order valence-electron chi connectivity index (χ2n) is 3.10. The SMILES string of the molecule is O=c1cc(C2CCSCC2)[nH][nH]1. The summed E-state index contributed by atoms with van der Waals surface area (Å²) in [6, 6.07) is 1.68. The van der Waals surface area contributed by atoms with Crippen molar-refractivity contribution in [3.05, 3.63) is 22.1 Å². The summed E-state index contributed by atoms with van der Waals surface area (Å²) in [4.78, 5) is 10.8. The van der Waals surface area contributed by atoms with E-state index in [0.29, 0.717) is 5.92 Å². The van der Waals surface area contributed by atoms with Gasteiger partial charge in [0.15, 0.2) is 0 Å². The molecule has 2 heterocycles. The van der Waals surface area contributed by atoms with Gasteiger partial charge in [0, 0.05) is 17.7 Å². The van der Waals surface area contributed by atoms with E-state index >= 15 is 0 Å². The molecule has 0 atom stereocenters. The lowest BCUT2D eigenvalue weighted by atomic mass is 9.99. The van der Waals surface area contributed by atoms with Gasteiger partial charge in [-0.3, -0.25) is 9.89 Å². The Morgan fingerprint density at radius 3 is 2.67 bits per heavy atom. The number of aromatic amines is 2. The minimum absolute atomic E-state index is 0.0109. The lowest BCUT2D eigenvalue weighted by molar-refractivity contribution is 0.617. The fraction of sp³-hybridized carbons (Fsp3) is 0.625. The summed E-state index contributed by atoms with van der Waals surface area (Å²) in [5.41, 5.74) is 1.07. The maximum Gasteiger partial charge on any atom is 0.264 e. The quantitative estimate of drug-likeness (QED) is 0.691. The molecule has 0 aromatic carbocycles. The molecule has 2 rings (SSSR count). The van der Waals surface area contributed by atoms with Crippen LogP contribution in [0.3, 0.4) is 0 Å². The van der Waals surface area contributed by atoms with Gasteiger partial charge in [-0.25, -0.2) is 0 Å². The van der Waals surface area contributed by atoms with E-state index < -0.39 is 0 Å². The van der Waals surface area contributed by atoms with E-state index in [4.69, 9.17) is 0 Å². The van der Waals surface area contributed by atoms with Gasteiger partial charge in [0.2, 0.25) is 0 Å². The summed E-state index contributed by atoms with van der Waals surface area (Å²) in [5, 5.41) is 5.51. The molecule has 1 aliphatic heterocycles. The smallest absolute Gasteiger partial charge is 0.264 e. The Morgan fingerprint density at radius 2 is 2.08 bits per heavy atom. The average Bonchev–Trinajstić information content (AvgIpc) is 2.54. The molecule has 66 valence electrons. The normalized spacial score (nSPS) is 19.7. The summed E-state index contributed by atoms with van der Waals surface area (Å²) in [5.74, 6) is 3.01. The second-order valence-corrected chi connectivity index (χ2v) is 4.33. The largest absolute Gasteiger partial charge is 0.302 e. The molecule has 0 spiro atoms. The van der Waals surface area contributed by atoms with Crippen LogP contribution in [0.1, 0.15) is 24.5 Å². The van der Waals surface area contributed by atoms with Crippen LogP contribution in [0.2, 0.25) is 0 Å². The highest BCUT2D eigenvalue weighted by Crippen LogP contribution is 2.29. The topological polar surface area (TPSA) is 48.6 Å². The number of hydrogen-bond donors (Lipinski definition) is 2. The second kappa shape index (κ2) is 3.39. The van der Waals surface area contributed by atoms with E-state index in [2.05, 4.69) is 10.2 Å². The van der Waals surface area contributed by atoms with Gasteiger partial charge in [-0.1, -0.05) is 0 Å². The molecule has 0 radical (unpaired) electrons. The molecule has 2 N–H and O–H groups in total. The Balaban J connectivity index is 2.13. The summed E-state index contributed by atoms with van der Waals surface area (Å²) >= 11 is 2.00. The molecule has 0 amide bonds. The van der Waals surface area contributed by atoms with Gasteiger partial charge in [0.1, 0.15) is 0 Å². The van der Waals surface area contributed by atoms with Crippen molar-refractivity contribution in [1.82, 2.24) is 10.2 Å². The van der Waals surface area contributed by atoms with E-state index in [1.807, 2.05) is 11.8 Å². The van der Waals surface area contributed by atoms with E-state index in [0.717, 1.165) is 5.69 Å². The van der Waals surface area contributed by atoms with Crippen LogP contribution in [0, 0.1) is 0 Å². The van der Waals surface area contributed by atoms with Crippen LogP contribution in [0.4, 0.5) is 0 Å². The van der Waals surface area contributed by atoms with Gasteiger partial charge in [-0.15, -0.1) is 0 Å². The molecular weight excluding hydrogens is 172 g/mol. The maximum absolute atomic E-state index is 10.8. The Morgan fingerprint density at radius 1 is 1.33 bits per heavy atom. The first kappa shape index (κ1) is 7.98. The molecule has 0 aliphatic carbocycles. The number of hydrogen-bond acceptors (Lipinski definition) is 2. The van der Waals surface area contributed by atoms with Gasteiger partial charge < -0.3 is 5.10 Å². The fourth-order valence-corrected chi connectivity index (χ4v) is 2.68. The average molecular weight is 184 g/mol. The third-order valence-corrected chi connectivity index (χ3v) is 3.33. The van der Waals surface area contributed by atoms with Crippen LogP contribution in [0.5, 0.6) is 0 Å². The zero-order valence-electron chi connectivity index (χ0n) is 6.80. The zero-order valence-corrected chi connectivity index (χ0v) is 7.62. The Hall–Kier alpha value is -0.640. The van der Waals surface area contributed by atoms with E-state index in [1.54, 1.807) is 6.07 Å². The molecule has 1 fully saturated rings. The lowest BCUT2D eigenvalue weighted by Gasteiger charge is -2.19. The van der Waals surface area contributed by atoms with Crippen LogP contribution in [0.25, 0.3) is 0 Å². The molecule has 0 bridgehead atoms. The highest BCUT2D eigenvalue weighted by Gasteiger charge is 2.16. The molecule has 1 saturated heterocycles. The first-order chi connectivity index (χ1) is 5.86. The van der Waals surface area contributed by atoms with Crippen LogP contribution >= 0.6 is 11.8 Å². The molecule has 1 aromatic heterocycles. The monoisotopic (exact) mass is 184 g/mol. The molecule has 12 heavy (non-hydrogen) atoms. The number of rotatable bonds is 1. The van der Waals surface area contributed by atoms with E-state index in [-0.39, 0.29) is 5.56 Å². The third-order valence-electron chi connectivity index (χ3n) is 2.28. The zero-order chi connectivity index (χ0) is 8.39. The van der Waals surface area contributed by atoms with Crippen molar-refractivity contribution in [1.29, 1.82) is 0 Å². The lowest BCUT2D eigenvalue weighted by Crippen LogP contribution is -2.08. The highest BCUT2D eigenvalue weighted by molar-refractivity contribution is 7.99. The number of H-pyrrole nitrogens is 2. The summed E-state index contributed by atoms with van der Waals surface area (Å²) in [7, 11) is 0. The Bertz CT molecular complexity index is 298. The molecule has 4 heteroatoms. The first-order valence-corrected chi connectivity index (χ1v) is 5.37. The van der Waals surface area contributed by atoms with Crippen molar-refractivity contribution >= 4 is 11.8 Å². The molecule has 0 saturated carbocycles. The molecule has 1 aromatic rings. The van der Waals surface area contributed by atoms with Crippen molar-refractivity contribution in [3.63, 3.8) is 0 Å². The Labute approximate surface area is 74.9 Å². The molecule has 3 nitrogen and oxygen atoms in total. The van der Waals surface area contributed by atoms with Crippen molar-refractivity contribution < 1.29 is 0 Å². The summed E-state index contributed by atoms with van der Waals surface area (Å²) < 4.78 is 0. The first-order valence-electron chi connectivity index (χ1n) is 4.21. The number of thioether (sulfide) groups is 1. The molecule has 1 aliphatic rings. The van der Waals surface area contributed by atoms with Crippen LogP contribution in [-0.4, -0.2) is 21.7 Å². The highest BCUT2D eigenvalue weighted by atomic mass is 32.2. The van der Waals surface area contributed by atoms with E-state index in [1.165, 1.54) is 24.3 Å². The standard InChI is InChI=1S/C8H12N2OS/c11-8-5-7(9-10-8)6-1-3-12-4-2-6/h5-6H,1-4H2,(H2,9,10,11). The fourth-order valence-electron chi connectivity index (χ4n) is 1.58. The van der Waals surface area contributed by atoms with Gasteiger partial charge in [0.25, 0.3) is 5.56 Å². The number of nitrogens with one attached hydrogen (secondary N) is 2. The van der Waals surface area contributed by atoms with E-state index in [9.17, 15) is 4.79 Å². The van der Waals surface area contributed by atoms with Crippen LogP contribution in [-0.2, 0) is 0 Å². The van der Waals surface area contributed by atoms with Crippen molar-refractivity contribution in [3.8, 4) is 0 Å². The van der Waals surface area contributed by atoms with Crippen molar-refractivity contribution in [2.75, 3.05) is 11.5 Å². The van der Waals surface area contributed by atoms with Gasteiger partial charge in [-0.2, -0.15) is 11.8 Å². The van der Waals surface area contributed by atoms with Crippen LogP contribution < -0.4 is 5.56 Å². The molecule has 0 unspecified atom stereocenters. The minimum Gasteiger partial charge on any atom is -0.302 e. The van der Waals surface area contributed by atoms with Crippen molar-refractivity contribution in [2.45, 2.75) is 18.8 Å². The maximum atomic E-state index is 10.8. The number of aromatic nitrogens is 2.